The van der Waals surface area contributed by atoms with Gasteiger partial charge in [-0.2, -0.15) is 5.26 Å². The second kappa shape index (κ2) is 2.86. The molecule has 4 aliphatic carbocycles. The van der Waals surface area contributed by atoms with Gasteiger partial charge in [-0.3, -0.25) is 0 Å². The lowest BCUT2D eigenvalue weighted by molar-refractivity contribution is -0.100. The average molecular weight is 203 g/mol. The molecule has 0 aromatic rings. The molecule has 80 valence electrons. The standard InChI is InChI=1S/C13H17NO/c1-8(7-14)12-10-2-9-3-11(12)6-13(15,4-9)5-10/h9-11,15H,2-6H2,1H3. The molecule has 0 spiro atoms. The summed E-state index contributed by atoms with van der Waals surface area (Å²) in [6, 6.07) is 2.30. The summed E-state index contributed by atoms with van der Waals surface area (Å²) in [5.41, 5.74) is 1.93. The molecule has 2 nitrogen and oxygen atoms in total. The van der Waals surface area contributed by atoms with Crippen molar-refractivity contribution in [3.63, 3.8) is 0 Å². The van der Waals surface area contributed by atoms with Crippen LogP contribution in [0.4, 0.5) is 0 Å². The van der Waals surface area contributed by atoms with E-state index in [1.165, 1.54) is 18.4 Å². The average Bonchev–Trinajstić information content (AvgIpc) is 2.13. The van der Waals surface area contributed by atoms with Crippen molar-refractivity contribution in [3.05, 3.63) is 11.1 Å². The van der Waals surface area contributed by atoms with Crippen LogP contribution in [-0.4, -0.2) is 10.7 Å². The van der Waals surface area contributed by atoms with Gasteiger partial charge in [-0.15, -0.1) is 0 Å². The van der Waals surface area contributed by atoms with Gasteiger partial charge >= 0.3 is 0 Å². The molecule has 4 fully saturated rings. The molecule has 2 heteroatoms. The fraction of sp³-hybridized carbons (Fsp3) is 0.769. The number of hydrogen-bond acceptors (Lipinski definition) is 2. The molecule has 0 aromatic heterocycles. The highest BCUT2D eigenvalue weighted by molar-refractivity contribution is 5.34. The van der Waals surface area contributed by atoms with Crippen LogP contribution in [0.1, 0.15) is 39.0 Å². The third-order valence-electron chi connectivity index (χ3n) is 4.64. The Labute approximate surface area is 90.6 Å². The molecule has 0 aromatic carbocycles. The number of hydrogen-bond donors (Lipinski definition) is 1. The zero-order chi connectivity index (χ0) is 10.6. The van der Waals surface area contributed by atoms with Crippen LogP contribution < -0.4 is 0 Å². The van der Waals surface area contributed by atoms with Crippen LogP contribution in [0.15, 0.2) is 11.1 Å². The van der Waals surface area contributed by atoms with E-state index in [-0.39, 0.29) is 5.60 Å². The van der Waals surface area contributed by atoms with Gasteiger partial charge < -0.3 is 5.11 Å². The third-order valence-corrected chi connectivity index (χ3v) is 4.64. The molecule has 0 amide bonds. The second-order valence-corrected chi connectivity index (χ2v) is 5.76. The van der Waals surface area contributed by atoms with Crippen molar-refractivity contribution in [1.82, 2.24) is 0 Å². The van der Waals surface area contributed by atoms with E-state index in [2.05, 4.69) is 6.07 Å². The van der Waals surface area contributed by atoms with E-state index in [1.54, 1.807) is 0 Å². The van der Waals surface area contributed by atoms with E-state index < -0.39 is 0 Å². The maximum atomic E-state index is 10.4. The van der Waals surface area contributed by atoms with Gasteiger partial charge in [0.15, 0.2) is 0 Å². The van der Waals surface area contributed by atoms with Crippen molar-refractivity contribution < 1.29 is 5.11 Å². The summed E-state index contributed by atoms with van der Waals surface area (Å²) in [4.78, 5) is 0. The highest BCUT2D eigenvalue weighted by Crippen LogP contribution is 2.58. The Kier molecular flexibility index (Phi) is 1.79. The molecule has 0 heterocycles. The predicted octanol–water partition coefficient (Wildman–Crippen LogP) is 2.40. The maximum Gasteiger partial charge on any atom is 0.0943 e. The van der Waals surface area contributed by atoms with E-state index in [9.17, 15) is 5.11 Å². The monoisotopic (exact) mass is 203 g/mol. The van der Waals surface area contributed by atoms with Crippen LogP contribution >= 0.6 is 0 Å². The van der Waals surface area contributed by atoms with Gasteiger partial charge in [0, 0.05) is 5.57 Å². The number of allylic oxidation sites excluding steroid dienone is 2. The third kappa shape index (κ3) is 1.26. The van der Waals surface area contributed by atoms with Crippen LogP contribution in [0.5, 0.6) is 0 Å². The van der Waals surface area contributed by atoms with Gasteiger partial charge in [-0.05, 0) is 56.8 Å². The van der Waals surface area contributed by atoms with Crippen molar-refractivity contribution in [3.8, 4) is 6.07 Å². The normalized spacial score (nSPS) is 46.7. The van der Waals surface area contributed by atoms with Crippen molar-refractivity contribution in [2.45, 2.75) is 44.6 Å². The molecule has 0 aliphatic heterocycles. The Morgan fingerprint density at radius 2 is 1.93 bits per heavy atom. The zero-order valence-corrected chi connectivity index (χ0v) is 9.16. The van der Waals surface area contributed by atoms with Crippen molar-refractivity contribution in [1.29, 1.82) is 5.26 Å². The molecule has 1 N–H and O–H groups in total. The minimum atomic E-state index is -0.379. The molecule has 4 bridgehead atoms. The van der Waals surface area contributed by atoms with Crippen LogP contribution in [-0.2, 0) is 0 Å². The first-order valence-electron chi connectivity index (χ1n) is 5.94. The van der Waals surface area contributed by atoms with E-state index in [0.717, 1.165) is 30.8 Å². The molecule has 4 saturated carbocycles. The smallest absolute Gasteiger partial charge is 0.0943 e. The van der Waals surface area contributed by atoms with Crippen LogP contribution in [0.2, 0.25) is 0 Å². The number of aliphatic hydroxyl groups is 1. The van der Waals surface area contributed by atoms with E-state index >= 15 is 0 Å². The van der Waals surface area contributed by atoms with Crippen molar-refractivity contribution in [2.75, 3.05) is 0 Å². The minimum absolute atomic E-state index is 0.379. The predicted molar refractivity (Wildman–Crippen MR) is 56.8 cm³/mol. The molecule has 4 aliphatic rings. The van der Waals surface area contributed by atoms with Gasteiger partial charge in [0.2, 0.25) is 0 Å². The summed E-state index contributed by atoms with van der Waals surface area (Å²) in [6.07, 6.45) is 5.27. The fourth-order valence-electron chi connectivity index (χ4n) is 4.42. The highest BCUT2D eigenvalue weighted by Gasteiger charge is 2.52. The van der Waals surface area contributed by atoms with Gasteiger partial charge in [0.25, 0.3) is 0 Å². The Bertz CT molecular complexity index is 358. The molecule has 0 radical (unpaired) electrons. The molecule has 0 saturated heterocycles. The first-order chi connectivity index (χ1) is 7.11. The first kappa shape index (κ1) is 9.42. The van der Waals surface area contributed by atoms with Crippen LogP contribution in [0.3, 0.4) is 0 Å². The van der Waals surface area contributed by atoms with Gasteiger partial charge in [0.1, 0.15) is 0 Å². The summed E-state index contributed by atoms with van der Waals surface area (Å²) < 4.78 is 0. The summed E-state index contributed by atoms with van der Waals surface area (Å²) >= 11 is 0. The van der Waals surface area contributed by atoms with Crippen LogP contribution in [0, 0.1) is 29.1 Å². The maximum absolute atomic E-state index is 10.4. The minimum Gasteiger partial charge on any atom is -0.390 e. The lowest BCUT2D eigenvalue weighted by Gasteiger charge is -2.55. The van der Waals surface area contributed by atoms with Crippen molar-refractivity contribution in [2.24, 2.45) is 17.8 Å². The topological polar surface area (TPSA) is 44.0 Å². The molecular weight excluding hydrogens is 186 g/mol. The Morgan fingerprint density at radius 3 is 2.40 bits per heavy atom. The van der Waals surface area contributed by atoms with Gasteiger partial charge in [-0.25, -0.2) is 0 Å². The molecule has 2 unspecified atom stereocenters. The summed E-state index contributed by atoms with van der Waals surface area (Å²) in [7, 11) is 0. The lowest BCUT2D eigenvalue weighted by atomic mass is 9.52. The summed E-state index contributed by atoms with van der Waals surface area (Å²) in [5.74, 6) is 1.75. The number of nitriles is 1. The van der Waals surface area contributed by atoms with Gasteiger partial charge in [-0.1, -0.05) is 5.57 Å². The van der Waals surface area contributed by atoms with E-state index in [1.807, 2.05) is 6.92 Å². The second-order valence-electron chi connectivity index (χ2n) is 5.76. The number of nitrogens with zero attached hydrogens (tertiary/aromatic N) is 1. The zero-order valence-electron chi connectivity index (χ0n) is 9.16. The van der Waals surface area contributed by atoms with E-state index in [4.69, 9.17) is 5.26 Å². The fourth-order valence-corrected chi connectivity index (χ4v) is 4.42. The van der Waals surface area contributed by atoms with E-state index in [0.29, 0.717) is 11.8 Å². The molecule has 15 heavy (non-hydrogen) atoms. The summed E-state index contributed by atoms with van der Waals surface area (Å²) in [6.45, 7) is 1.95. The number of rotatable bonds is 0. The lowest BCUT2D eigenvalue weighted by Crippen LogP contribution is -2.51. The van der Waals surface area contributed by atoms with Crippen LogP contribution in [0.25, 0.3) is 0 Å². The Morgan fingerprint density at radius 1 is 1.33 bits per heavy atom. The Balaban J connectivity index is 2.02. The summed E-state index contributed by atoms with van der Waals surface area (Å²) in [5, 5.41) is 19.4. The first-order valence-corrected chi connectivity index (χ1v) is 5.94. The molecule has 4 rings (SSSR count). The largest absolute Gasteiger partial charge is 0.390 e. The SMILES string of the molecule is CC(C#N)=C1C2CC3CC1CC(O)(C3)C2. The van der Waals surface area contributed by atoms with Crippen molar-refractivity contribution >= 4 is 0 Å². The molecular formula is C13H17NO. The Hall–Kier alpha value is -0.810. The van der Waals surface area contributed by atoms with Gasteiger partial charge in [0.05, 0.1) is 11.7 Å². The molecule has 2 atom stereocenters. The highest BCUT2D eigenvalue weighted by atomic mass is 16.3. The quantitative estimate of drug-likeness (QED) is 0.614.